The van der Waals surface area contributed by atoms with Gasteiger partial charge in [0.05, 0.1) is 11.5 Å². The van der Waals surface area contributed by atoms with Crippen LogP contribution < -0.4 is 9.46 Å². The molecule has 0 amide bonds. The Morgan fingerprint density at radius 2 is 1.97 bits per heavy atom. The summed E-state index contributed by atoms with van der Waals surface area (Å²) in [5.74, 6) is 0.930. The second-order valence-corrected chi connectivity index (χ2v) is 11.1. The van der Waals surface area contributed by atoms with Crippen molar-refractivity contribution in [3.63, 3.8) is 0 Å². The summed E-state index contributed by atoms with van der Waals surface area (Å²) >= 11 is 0.979. The molecule has 0 unspecified atom stereocenters. The number of sulfonamides is 1. The Bertz CT molecular complexity index is 1220. The van der Waals surface area contributed by atoms with Crippen molar-refractivity contribution in [3.8, 4) is 5.75 Å². The van der Waals surface area contributed by atoms with Gasteiger partial charge in [-0.25, -0.2) is 17.8 Å². The number of halogens is 1. The fraction of sp³-hybridized carbons (Fsp3) is 0.391. The van der Waals surface area contributed by atoms with Crippen LogP contribution >= 0.6 is 11.5 Å². The van der Waals surface area contributed by atoms with Crippen LogP contribution in [0.2, 0.25) is 0 Å². The lowest BCUT2D eigenvalue weighted by Gasteiger charge is -2.45. The minimum absolute atomic E-state index is 0.101. The van der Waals surface area contributed by atoms with Crippen LogP contribution in [0, 0.1) is 11.7 Å². The summed E-state index contributed by atoms with van der Waals surface area (Å²) in [6.07, 6.45) is 4.20. The molecule has 0 saturated carbocycles. The molecule has 2 aliphatic heterocycles. The quantitative estimate of drug-likeness (QED) is 0.557. The number of rotatable bonds is 5. The Morgan fingerprint density at radius 1 is 1.15 bits per heavy atom. The molecule has 0 aliphatic carbocycles. The van der Waals surface area contributed by atoms with Crippen molar-refractivity contribution >= 4 is 26.7 Å². The van der Waals surface area contributed by atoms with Gasteiger partial charge in [-0.3, -0.25) is 9.62 Å². The van der Waals surface area contributed by atoms with E-state index in [1.807, 2.05) is 18.2 Å². The summed E-state index contributed by atoms with van der Waals surface area (Å²) < 4.78 is 51.3. The summed E-state index contributed by atoms with van der Waals surface area (Å²) in [7, 11) is -3.80. The molecule has 3 aromatic rings. The minimum Gasteiger partial charge on any atom is -0.493 e. The van der Waals surface area contributed by atoms with Gasteiger partial charge in [0.1, 0.15) is 17.9 Å². The summed E-state index contributed by atoms with van der Waals surface area (Å²) in [6, 6.07) is 12.1. The molecule has 0 bridgehead atoms. The molecule has 1 fully saturated rings. The zero-order valence-corrected chi connectivity index (χ0v) is 19.8. The van der Waals surface area contributed by atoms with Gasteiger partial charge in [-0.05, 0) is 49.1 Å². The topological polar surface area (TPSA) is 84.4 Å². The molecule has 3 heterocycles. The van der Waals surface area contributed by atoms with Crippen molar-refractivity contribution in [2.75, 3.05) is 17.9 Å². The van der Waals surface area contributed by atoms with E-state index in [1.165, 1.54) is 18.5 Å². The van der Waals surface area contributed by atoms with Gasteiger partial charge in [-0.2, -0.15) is 4.37 Å². The number of hydrogen-bond donors (Lipinski definition) is 1. The summed E-state index contributed by atoms with van der Waals surface area (Å²) in [4.78, 5) is 6.49. The number of hydrogen-bond acceptors (Lipinski definition) is 7. The Morgan fingerprint density at radius 3 is 2.73 bits per heavy atom. The van der Waals surface area contributed by atoms with Crippen molar-refractivity contribution in [1.29, 1.82) is 0 Å². The molecule has 5 rings (SSSR count). The molecule has 10 heteroatoms. The number of benzene rings is 2. The molecule has 1 N–H and O–H groups in total. The molecular formula is C23H25FN4O3S2. The first-order valence-electron chi connectivity index (χ1n) is 11.0. The first-order valence-corrected chi connectivity index (χ1v) is 13.2. The van der Waals surface area contributed by atoms with Gasteiger partial charge in [0, 0.05) is 41.7 Å². The van der Waals surface area contributed by atoms with Gasteiger partial charge in [-0.15, -0.1) is 0 Å². The zero-order chi connectivity index (χ0) is 23.0. The second kappa shape index (κ2) is 9.00. The van der Waals surface area contributed by atoms with Gasteiger partial charge in [0.2, 0.25) is 5.13 Å². The smallest absolute Gasteiger partial charge is 0.263 e. The van der Waals surface area contributed by atoms with Crippen LogP contribution in [-0.2, 0) is 10.0 Å². The van der Waals surface area contributed by atoms with Crippen molar-refractivity contribution in [1.82, 2.24) is 14.3 Å². The molecule has 1 saturated heterocycles. The predicted molar refractivity (Wildman–Crippen MR) is 124 cm³/mol. The number of aromatic nitrogens is 2. The monoisotopic (exact) mass is 488 g/mol. The molecule has 174 valence electrons. The molecule has 0 radical (unpaired) electrons. The predicted octanol–water partition coefficient (Wildman–Crippen LogP) is 4.77. The summed E-state index contributed by atoms with van der Waals surface area (Å²) in [6.45, 7) is 3.69. The van der Waals surface area contributed by atoms with Crippen molar-refractivity contribution < 1.29 is 17.5 Å². The fourth-order valence-corrected chi connectivity index (χ4v) is 6.48. The minimum atomic E-state index is -3.80. The van der Waals surface area contributed by atoms with Crippen LogP contribution in [0.4, 0.5) is 9.52 Å². The highest BCUT2D eigenvalue weighted by Gasteiger charge is 2.36. The third-order valence-electron chi connectivity index (χ3n) is 6.45. The normalized spacial score (nSPS) is 23.5. The summed E-state index contributed by atoms with van der Waals surface area (Å²) in [5, 5.41) is 0.219. The highest BCUT2D eigenvalue weighted by molar-refractivity contribution is 7.93. The maximum atomic E-state index is 13.5. The first-order chi connectivity index (χ1) is 15.9. The first kappa shape index (κ1) is 22.2. The van der Waals surface area contributed by atoms with E-state index in [1.54, 1.807) is 12.1 Å². The summed E-state index contributed by atoms with van der Waals surface area (Å²) in [5.41, 5.74) is 2.09. The van der Waals surface area contributed by atoms with Gasteiger partial charge < -0.3 is 4.74 Å². The Kier molecular flexibility index (Phi) is 6.07. The van der Waals surface area contributed by atoms with E-state index in [9.17, 15) is 12.8 Å². The molecule has 2 aromatic carbocycles. The molecule has 7 nitrogen and oxygen atoms in total. The lowest BCUT2D eigenvalue weighted by molar-refractivity contribution is 0.0487. The van der Waals surface area contributed by atoms with Crippen LogP contribution in [0.1, 0.15) is 49.4 Å². The van der Waals surface area contributed by atoms with E-state index >= 15 is 0 Å². The van der Waals surface area contributed by atoms with E-state index in [0.717, 1.165) is 48.5 Å². The average Bonchev–Trinajstić information content (AvgIpc) is 3.31. The highest BCUT2D eigenvalue weighted by atomic mass is 32.2. The van der Waals surface area contributed by atoms with Crippen LogP contribution in [0.3, 0.4) is 0 Å². The van der Waals surface area contributed by atoms with E-state index in [-0.39, 0.29) is 27.9 Å². The van der Waals surface area contributed by atoms with Crippen LogP contribution in [0.5, 0.6) is 5.75 Å². The number of piperidine rings is 1. The van der Waals surface area contributed by atoms with Gasteiger partial charge in [0.15, 0.2) is 0 Å². The molecule has 0 spiro atoms. The van der Waals surface area contributed by atoms with Gasteiger partial charge >= 0.3 is 0 Å². The van der Waals surface area contributed by atoms with E-state index in [2.05, 4.69) is 25.9 Å². The van der Waals surface area contributed by atoms with E-state index < -0.39 is 10.0 Å². The lowest BCUT2D eigenvalue weighted by atomic mass is 9.85. The Balaban J connectivity index is 1.45. The zero-order valence-electron chi connectivity index (χ0n) is 18.1. The molecule has 3 atom stereocenters. The average molecular weight is 489 g/mol. The van der Waals surface area contributed by atoms with E-state index in [0.29, 0.717) is 18.3 Å². The van der Waals surface area contributed by atoms with Crippen LogP contribution in [0.15, 0.2) is 53.7 Å². The van der Waals surface area contributed by atoms with Crippen molar-refractivity contribution in [2.45, 2.75) is 43.2 Å². The maximum Gasteiger partial charge on any atom is 0.263 e. The molecule has 2 aliphatic rings. The number of fused-ring (bicyclic) bond motifs is 1. The Labute approximate surface area is 196 Å². The van der Waals surface area contributed by atoms with E-state index in [4.69, 9.17) is 4.74 Å². The standard InChI is InChI=1S/C23H25FN4O3S2/c1-15-8-10-28(21(12-15)16-2-4-17(24)5-3-16)20-9-11-31-22-13-18(6-7-19(20)22)33(29,30)27-23-25-14-26-32-23/h2-7,13-15,20-21H,8-12H2,1H3,(H,25,26,27)/t15-,20+,21+/m0/s1. The molecule has 33 heavy (non-hydrogen) atoms. The molecule has 1 aromatic heterocycles. The lowest BCUT2D eigenvalue weighted by Crippen LogP contribution is -2.40. The maximum absolute atomic E-state index is 13.5. The fourth-order valence-electron chi connectivity index (χ4n) is 4.80. The van der Waals surface area contributed by atoms with Gasteiger partial charge in [0.25, 0.3) is 10.0 Å². The SMILES string of the molecule is C[C@H]1CCN([C@@H]2CCOc3cc(S(=O)(=O)Nc4ncns4)ccc32)[C@@H](c2ccc(F)cc2)C1. The van der Waals surface area contributed by atoms with Crippen LogP contribution in [0.25, 0.3) is 0 Å². The largest absolute Gasteiger partial charge is 0.493 e. The highest BCUT2D eigenvalue weighted by Crippen LogP contribution is 2.45. The number of ether oxygens (including phenoxy) is 1. The molecular weight excluding hydrogens is 463 g/mol. The van der Waals surface area contributed by atoms with Crippen molar-refractivity contribution in [3.05, 3.63) is 65.7 Å². The number of nitrogens with one attached hydrogen (secondary N) is 1. The number of anilines is 1. The number of nitrogens with zero attached hydrogens (tertiary/aromatic N) is 3. The van der Waals surface area contributed by atoms with Crippen LogP contribution in [-0.4, -0.2) is 35.8 Å². The number of likely N-dealkylation sites (tertiary alicyclic amines) is 1. The second-order valence-electron chi connectivity index (χ2n) is 8.64. The Hall–Kier alpha value is -2.56. The third kappa shape index (κ3) is 4.60. The van der Waals surface area contributed by atoms with Gasteiger partial charge in [-0.1, -0.05) is 25.1 Å². The van der Waals surface area contributed by atoms with Crippen molar-refractivity contribution in [2.24, 2.45) is 5.92 Å². The third-order valence-corrected chi connectivity index (χ3v) is 8.49.